The van der Waals surface area contributed by atoms with Crippen LogP contribution in [0.15, 0.2) is 58.8 Å². The fraction of sp³-hybridized carbons (Fsp3) is 0.227. The summed E-state index contributed by atoms with van der Waals surface area (Å²) < 4.78 is 33.2. The van der Waals surface area contributed by atoms with Crippen LogP contribution in [0.5, 0.6) is 5.75 Å². The van der Waals surface area contributed by atoms with Gasteiger partial charge in [-0.3, -0.25) is 9.52 Å². The zero-order valence-corrected chi connectivity index (χ0v) is 20.8. The molecule has 4 rings (SSSR count). The van der Waals surface area contributed by atoms with E-state index in [1.54, 1.807) is 36.3 Å². The topological polar surface area (TPSA) is 79.0 Å². The largest absolute Gasteiger partial charge is 0.495 e. The Morgan fingerprint density at radius 3 is 2.30 bits per heavy atom. The number of rotatable bonds is 6. The van der Waals surface area contributed by atoms with Crippen LogP contribution in [-0.4, -0.2) is 52.5 Å². The lowest BCUT2D eigenvalue weighted by molar-refractivity contribution is 0.0746. The molecule has 1 amide bonds. The predicted octanol–water partition coefficient (Wildman–Crippen LogP) is 4.83. The van der Waals surface area contributed by atoms with Crippen molar-refractivity contribution in [1.82, 2.24) is 4.90 Å². The summed E-state index contributed by atoms with van der Waals surface area (Å²) in [5, 5.41) is 0.189. The Labute approximate surface area is 206 Å². The number of piperazine rings is 1. The second-order valence-electron chi connectivity index (χ2n) is 7.32. The maximum Gasteiger partial charge on any atom is 0.271 e. The number of sulfonamides is 1. The minimum absolute atomic E-state index is 0.0190. The minimum atomic E-state index is -3.82. The first kappa shape index (κ1) is 23.7. The van der Waals surface area contributed by atoms with E-state index < -0.39 is 10.0 Å². The molecule has 0 radical (unpaired) electrons. The predicted molar refractivity (Wildman–Crippen MR) is 133 cm³/mol. The maximum absolute atomic E-state index is 12.9. The van der Waals surface area contributed by atoms with Crippen molar-refractivity contribution in [2.24, 2.45) is 0 Å². The smallest absolute Gasteiger partial charge is 0.271 e. The Bertz CT molecular complexity index is 1240. The van der Waals surface area contributed by atoms with Gasteiger partial charge in [-0.2, -0.15) is 0 Å². The highest BCUT2D eigenvalue weighted by Gasteiger charge is 2.24. The van der Waals surface area contributed by atoms with Crippen LogP contribution in [0.1, 0.15) is 10.4 Å². The second-order valence-corrected chi connectivity index (χ2v) is 11.3. The zero-order valence-electron chi connectivity index (χ0n) is 17.6. The van der Waals surface area contributed by atoms with Gasteiger partial charge in [0.2, 0.25) is 0 Å². The van der Waals surface area contributed by atoms with E-state index in [1.165, 1.54) is 6.07 Å². The molecule has 11 heteroatoms. The van der Waals surface area contributed by atoms with Gasteiger partial charge in [-0.1, -0.05) is 35.3 Å². The number of nitrogens with zero attached hydrogens (tertiary/aromatic N) is 2. The minimum Gasteiger partial charge on any atom is -0.495 e. The molecule has 174 valence electrons. The molecule has 0 aliphatic carbocycles. The van der Waals surface area contributed by atoms with Gasteiger partial charge in [0.1, 0.15) is 14.3 Å². The number of halogens is 2. The number of amides is 1. The number of carbonyl (C=O) groups excluding carboxylic acids is 1. The van der Waals surface area contributed by atoms with Gasteiger partial charge in [0.05, 0.1) is 17.8 Å². The molecule has 2 heterocycles. The average molecular weight is 526 g/mol. The summed E-state index contributed by atoms with van der Waals surface area (Å²) in [4.78, 5) is 16.9. The number of benzene rings is 2. The first-order valence-electron chi connectivity index (χ1n) is 10.0. The highest BCUT2D eigenvalue weighted by Crippen LogP contribution is 2.35. The van der Waals surface area contributed by atoms with Gasteiger partial charge >= 0.3 is 0 Å². The molecule has 1 aromatic heterocycles. The molecule has 0 saturated carbocycles. The summed E-state index contributed by atoms with van der Waals surface area (Å²) in [6.45, 7) is 2.53. The van der Waals surface area contributed by atoms with E-state index in [0.717, 1.165) is 22.8 Å². The fourth-order valence-corrected chi connectivity index (χ4v) is 6.51. The third-order valence-corrected chi connectivity index (χ3v) is 8.98. The van der Waals surface area contributed by atoms with Crippen molar-refractivity contribution in [3.8, 4) is 5.75 Å². The molecule has 0 spiro atoms. The number of hydrogen-bond acceptors (Lipinski definition) is 6. The molecule has 1 aliphatic heterocycles. The van der Waals surface area contributed by atoms with Gasteiger partial charge in [0.15, 0.2) is 0 Å². The van der Waals surface area contributed by atoms with Crippen LogP contribution in [0.2, 0.25) is 9.36 Å². The van der Waals surface area contributed by atoms with E-state index in [4.69, 9.17) is 27.9 Å². The Morgan fingerprint density at radius 1 is 1.03 bits per heavy atom. The molecule has 1 fully saturated rings. The van der Waals surface area contributed by atoms with E-state index in [2.05, 4.69) is 9.62 Å². The van der Waals surface area contributed by atoms with Crippen molar-refractivity contribution in [2.75, 3.05) is 42.9 Å². The Balaban J connectivity index is 1.39. The first-order chi connectivity index (χ1) is 15.8. The molecule has 1 aliphatic rings. The third kappa shape index (κ3) is 5.22. The lowest BCUT2D eigenvalue weighted by atomic mass is 10.1. The fourth-order valence-electron chi connectivity index (χ4n) is 3.57. The first-order valence-corrected chi connectivity index (χ1v) is 13.1. The summed E-state index contributed by atoms with van der Waals surface area (Å²) >= 11 is 12.6. The van der Waals surface area contributed by atoms with Crippen molar-refractivity contribution < 1.29 is 17.9 Å². The van der Waals surface area contributed by atoms with Crippen LogP contribution in [0.25, 0.3) is 0 Å². The van der Waals surface area contributed by atoms with Gasteiger partial charge in [0, 0.05) is 37.4 Å². The van der Waals surface area contributed by atoms with Gasteiger partial charge < -0.3 is 14.5 Å². The summed E-state index contributed by atoms with van der Waals surface area (Å²) in [5.41, 5.74) is 1.84. The van der Waals surface area contributed by atoms with E-state index in [9.17, 15) is 13.2 Å². The molecule has 1 N–H and O–H groups in total. The average Bonchev–Trinajstić information content (AvgIpc) is 3.18. The van der Waals surface area contributed by atoms with Crippen LogP contribution < -0.4 is 14.4 Å². The number of nitrogens with one attached hydrogen (secondary N) is 1. The number of thiophene rings is 1. The molecule has 3 aromatic rings. The monoisotopic (exact) mass is 525 g/mol. The van der Waals surface area contributed by atoms with Crippen LogP contribution in [0.4, 0.5) is 11.4 Å². The van der Waals surface area contributed by atoms with E-state index >= 15 is 0 Å². The Hall–Kier alpha value is -2.46. The zero-order chi connectivity index (χ0) is 23.6. The molecular formula is C22H21Cl2N3O4S2. The van der Waals surface area contributed by atoms with Crippen LogP contribution >= 0.6 is 34.5 Å². The third-order valence-electron chi connectivity index (χ3n) is 5.26. The van der Waals surface area contributed by atoms with E-state index in [-0.39, 0.29) is 19.5 Å². The van der Waals surface area contributed by atoms with Gasteiger partial charge in [-0.05, 0) is 42.5 Å². The lowest BCUT2D eigenvalue weighted by Crippen LogP contribution is -2.48. The van der Waals surface area contributed by atoms with Crippen molar-refractivity contribution in [2.45, 2.75) is 4.21 Å². The van der Waals surface area contributed by atoms with Crippen molar-refractivity contribution in [3.63, 3.8) is 0 Å². The van der Waals surface area contributed by atoms with Crippen LogP contribution in [0.3, 0.4) is 0 Å². The highest BCUT2D eigenvalue weighted by molar-refractivity contribution is 7.94. The number of methoxy groups -OCH3 is 1. The highest BCUT2D eigenvalue weighted by atomic mass is 35.5. The second kappa shape index (κ2) is 9.80. The van der Waals surface area contributed by atoms with Gasteiger partial charge in [-0.25, -0.2) is 8.42 Å². The molecule has 33 heavy (non-hydrogen) atoms. The van der Waals surface area contributed by atoms with Gasteiger partial charge in [-0.15, -0.1) is 11.3 Å². The summed E-state index contributed by atoms with van der Waals surface area (Å²) in [7, 11) is -2.17. The summed E-state index contributed by atoms with van der Waals surface area (Å²) in [5.74, 6) is 0.711. The van der Waals surface area contributed by atoms with Crippen molar-refractivity contribution >= 4 is 61.8 Å². The molecule has 1 saturated heterocycles. The van der Waals surface area contributed by atoms with Crippen LogP contribution in [-0.2, 0) is 10.0 Å². The molecule has 0 unspecified atom stereocenters. The van der Waals surface area contributed by atoms with E-state index in [1.807, 2.05) is 24.3 Å². The van der Waals surface area contributed by atoms with Crippen molar-refractivity contribution in [1.29, 1.82) is 0 Å². The maximum atomic E-state index is 12.9. The number of para-hydroxylation sites is 2. The summed E-state index contributed by atoms with van der Waals surface area (Å²) in [6, 6.07) is 15.5. The van der Waals surface area contributed by atoms with Gasteiger partial charge in [0.25, 0.3) is 15.9 Å². The van der Waals surface area contributed by atoms with Crippen molar-refractivity contribution in [3.05, 3.63) is 69.5 Å². The number of anilines is 2. The molecule has 7 nitrogen and oxygen atoms in total. The lowest BCUT2D eigenvalue weighted by Gasteiger charge is -2.36. The molecule has 2 aromatic carbocycles. The Kier molecular flexibility index (Phi) is 7.04. The summed E-state index contributed by atoms with van der Waals surface area (Å²) in [6.07, 6.45) is 0. The van der Waals surface area contributed by atoms with E-state index in [0.29, 0.717) is 37.4 Å². The van der Waals surface area contributed by atoms with Crippen LogP contribution in [0, 0.1) is 0 Å². The number of hydrogen-bond donors (Lipinski definition) is 1. The SMILES string of the molecule is COc1ccccc1N1CCN(C(=O)c2ccc(NS(=O)(=O)c3cc(Cl)c(Cl)s3)cc2)CC1. The number of carbonyl (C=O) groups is 1. The molecular weight excluding hydrogens is 505 g/mol. The Morgan fingerprint density at radius 2 is 1.70 bits per heavy atom. The normalized spacial score (nSPS) is 14.3. The quantitative estimate of drug-likeness (QED) is 0.498. The molecule has 0 atom stereocenters. The molecule has 0 bridgehead atoms. The standard InChI is InChI=1S/C22H21Cl2N3O4S2/c1-31-19-5-3-2-4-18(19)26-10-12-27(13-11-26)22(28)15-6-8-16(9-7-15)25-33(29,30)20-14-17(23)21(24)32-20/h2-9,14,25H,10-13H2,1H3. The number of ether oxygens (including phenoxy) is 1.